The smallest absolute Gasteiger partial charge is 0.254 e. The van der Waals surface area contributed by atoms with E-state index < -0.39 is 0 Å². The standard InChI is InChI=1S/C76H82BN3S/c1-46-47-27-28-76(12,45-47)57-43-62-63(42-53(46)57)79(50-23-25-55-58(37-50)72(6,7)31-29-70(55,2)3)64-39-52(78(48-19-15-13-16-20-48)49-21-17-14-18-22-49)40-65-68(64)77(62)67-54-41-60-61(75(11)35-33-74(60,10)34-36-75)44-66(54)81-69(67)80(65)51-24-26-56-59(38-51)73(8,9)32-30-71(56,4)5/h13-26,37-44,46-47H,27-36,45H2,1-12H3. The van der Waals surface area contributed by atoms with Gasteiger partial charge in [-0.05, 0) is 266 Å². The Morgan fingerprint density at radius 3 is 1.53 bits per heavy atom. The number of nitrogens with zero attached hydrogens (tertiary/aromatic N) is 3. The Morgan fingerprint density at radius 2 is 0.963 bits per heavy atom. The van der Waals surface area contributed by atoms with Gasteiger partial charge < -0.3 is 14.7 Å². The highest BCUT2D eigenvalue weighted by Crippen LogP contribution is 2.61. The van der Waals surface area contributed by atoms with Crippen LogP contribution in [0.25, 0.3) is 10.1 Å². The minimum Gasteiger partial charge on any atom is -0.311 e. The van der Waals surface area contributed by atoms with Gasteiger partial charge >= 0.3 is 0 Å². The molecular formula is C76H82BN3S. The summed E-state index contributed by atoms with van der Waals surface area (Å²) in [5.41, 5.74) is 27.8. The van der Waals surface area contributed by atoms with Gasteiger partial charge in [-0.3, -0.25) is 0 Å². The summed E-state index contributed by atoms with van der Waals surface area (Å²) in [7, 11) is 0. The first kappa shape index (κ1) is 50.7. The summed E-state index contributed by atoms with van der Waals surface area (Å²) in [6.45, 7) is 30.4. The molecule has 3 nitrogen and oxygen atoms in total. The zero-order valence-corrected chi connectivity index (χ0v) is 51.3. The number of thiophene rings is 1. The molecule has 17 rings (SSSR count). The fourth-order valence-corrected chi connectivity index (χ4v) is 19.6. The van der Waals surface area contributed by atoms with Crippen LogP contribution in [0.4, 0.5) is 50.5 Å². The maximum absolute atomic E-state index is 2.82. The summed E-state index contributed by atoms with van der Waals surface area (Å²) in [5.74, 6) is 1.22. The second-order valence-corrected chi connectivity index (χ2v) is 31.7. The Bertz CT molecular complexity index is 3940. The third-order valence-corrected chi connectivity index (χ3v) is 25.0. The average molecular weight is 1080 g/mol. The highest BCUT2D eigenvalue weighted by molar-refractivity contribution is 7.26. The highest BCUT2D eigenvalue weighted by Gasteiger charge is 2.53. The molecule has 0 radical (unpaired) electrons. The molecular weight excluding hydrogens is 998 g/mol. The molecule has 3 heterocycles. The minimum atomic E-state index is 0.0174. The molecule has 2 fully saturated rings. The Balaban J connectivity index is 1.07. The van der Waals surface area contributed by atoms with Gasteiger partial charge in [0.2, 0.25) is 0 Å². The molecule has 0 spiro atoms. The molecule has 9 aliphatic rings. The summed E-state index contributed by atoms with van der Waals surface area (Å²) in [4.78, 5) is 8.13. The van der Waals surface area contributed by atoms with Crippen molar-refractivity contribution in [3.05, 3.63) is 178 Å². The zero-order chi connectivity index (χ0) is 55.7. The number of hydrogen-bond acceptors (Lipinski definition) is 4. The molecule has 81 heavy (non-hydrogen) atoms. The van der Waals surface area contributed by atoms with Crippen LogP contribution in [0, 0.1) is 5.92 Å². The van der Waals surface area contributed by atoms with Crippen LogP contribution in [0.15, 0.2) is 133 Å². The maximum atomic E-state index is 2.82. The molecule has 4 bridgehead atoms. The summed E-state index contributed by atoms with van der Waals surface area (Å²) < 4.78 is 1.45. The lowest BCUT2D eigenvalue weighted by molar-refractivity contribution is 0.188. The summed E-state index contributed by atoms with van der Waals surface area (Å²) >= 11 is 2.08. The van der Waals surface area contributed by atoms with Crippen LogP contribution >= 0.6 is 11.3 Å². The molecule has 2 saturated carbocycles. The number of para-hydroxylation sites is 2. The second kappa shape index (κ2) is 16.6. The molecule has 3 atom stereocenters. The van der Waals surface area contributed by atoms with E-state index in [2.05, 4.69) is 243 Å². The highest BCUT2D eigenvalue weighted by atomic mass is 32.1. The Labute approximate surface area is 488 Å². The Kier molecular flexibility index (Phi) is 10.4. The van der Waals surface area contributed by atoms with Crippen molar-refractivity contribution in [2.75, 3.05) is 14.7 Å². The lowest BCUT2D eigenvalue weighted by atomic mass is 9.33. The van der Waals surface area contributed by atoms with E-state index in [9.17, 15) is 0 Å². The van der Waals surface area contributed by atoms with Gasteiger partial charge in [0.15, 0.2) is 0 Å². The van der Waals surface area contributed by atoms with E-state index in [1.165, 1.54) is 158 Å². The van der Waals surface area contributed by atoms with Gasteiger partial charge in [-0.25, -0.2) is 0 Å². The summed E-state index contributed by atoms with van der Waals surface area (Å²) in [6.07, 6.45) is 13.7. The number of rotatable bonds is 5. The van der Waals surface area contributed by atoms with Gasteiger partial charge in [0.05, 0.1) is 10.7 Å². The van der Waals surface area contributed by atoms with Gasteiger partial charge in [-0.1, -0.05) is 138 Å². The largest absolute Gasteiger partial charge is 0.311 e. The predicted molar refractivity (Wildman–Crippen MR) is 347 cm³/mol. The number of anilines is 9. The number of fused-ring (bicyclic) bond motifs is 14. The number of benzene rings is 7. The van der Waals surface area contributed by atoms with Crippen molar-refractivity contribution in [1.29, 1.82) is 0 Å². The van der Waals surface area contributed by atoms with Gasteiger partial charge in [0.1, 0.15) is 0 Å². The van der Waals surface area contributed by atoms with E-state index in [0.717, 1.165) is 11.4 Å². The van der Waals surface area contributed by atoms with Gasteiger partial charge in [0.25, 0.3) is 6.71 Å². The predicted octanol–water partition coefficient (Wildman–Crippen LogP) is 19.4. The Hall–Kier alpha value is -6.04. The van der Waals surface area contributed by atoms with E-state index in [4.69, 9.17) is 0 Å². The Morgan fingerprint density at radius 1 is 0.444 bits per heavy atom. The molecule has 0 saturated heterocycles. The van der Waals surface area contributed by atoms with Crippen molar-refractivity contribution in [2.45, 2.75) is 198 Å². The quantitative estimate of drug-likeness (QED) is 0.159. The zero-order valence-electron chi connectivity index (χ0n) is 50.5. The van der Waals surface area contributed by atoms with Crippen molar-refractivity contribution >= 4 is 95.0 Å². The van der Waals surface area contributed by atoms with E-state index in [1.807, 2.05) is 0 Å². The SMILES string of the molecule is CC1c2cc3c(cc2C2(C)CCC1C2)B1c2c(cc(N(c4ccccc4)c4ccccc4)cc2N(c2ccc4c(c2)C(C)(C)CCC4(C)C)c2sc4cc5c(cc4c21)C1(C)CCC5(C)CC1)N3c1ccc2c(c1)C(C)(C)CCC2(C)C. The monoisotopic (exact) mass is 1080 g/mol. The van der Waals surface area contributed by atoms with E-state index in [-0.39, 0.29) is 44.6 Å². The number of hydrogen-bond donors (Lipinski definition) is 0. The molecule has 8 aromatic rings. The van der Waals surface area contributed by atoms with Crippen LogP contribution in [0.2, 0.25) is 0 Å². The summed E-state index contributed by atoms with van der Waals surface area (Å²) in [6, 6.07) is 54.1. The van der Waals surface area contributed by atoms with Gasteiger partial charge in [-0.2, -0.15) is 0 Å². The van der Waals surface area contributed by atoms with Crippen LogP contribution < -0.4 is 31.1 Å². The fourth-order valence-electron chi connectivity index (χ4n) is 18.3. The van der Waals surface area contributed by atoms with Gasteiger partial charge in [-0.15, -0.1) is 11.3 Å². The normalized spacial score (nSPS) is 26.9. The summed E-state index contributed by atoms with van der Waals surface area (Å²) in [5, 5.41) is 2.87. The molecule has 3 unspecified atom stereocenters. The molecule has 7 aromatic carbocycles. The van der Waals surface area contributed by atoms with E-state index >= 15 is 0 Å². The van der Waals surface area contributed by atoms with Crippen LogP contribution in [-0.4, -0.2) is 6.71 Å². The first-order valence-corrected chi connectivity index (χ1v) is 32.2. The maximum Gasteiger partial charge on any atom is 0.254 e. The first-order chi connectivity index (χ1) is 38.6. The van der Waals surface area contributed by atoms with Crippen LogP contribution in [-0.2, 0) is 37.9 Å². The topological polar surface area (TPSA) is 9.72 Å². The molecule has 0 N–H and O–H groups in total. The van der Waals surface area contributed by atoms with Crippen molar-refractivity contribution in [3.8, 4) is 0 Å². The molecule has 0 amide bonds. The minimum absolute atomic E-state index is 0.0174. The van der Waals surface area contributed by atoms with Gasteiger partial charge in [0, 0.05) is 44.5 Å². The van der Waals surface area contributed by atoms with Crippen LogP contribution in [0.5, 0.6) is 0 Å². The third-order valence-electron chi connectivity index (χ3n) is 23.8. The van der Waals surface area contributed by atoms with Crippen molar-refractivity contribution in [1.82, 2.24) is 0 Å². The lowest BCUT2D eigenvalue weighted by Gasteiger charge is -2.52. The van der Waals surface area contributed by atoms with Crippen LogP contribution in [0.3, 0.4) is 0 Å². The van der Waals surface area contributed by atoms with Crippen molar-refractivity contribution in [2.24, 2.45) is 5.92 Å². The fraction of sp³-hybridized carbons (Fsp3) is 0.421. The lowest BCUT2D eigenvalue weighted by Crippen LogP contribution is -2.61. The third kappa shape index (κ3) is 7.06. The molecule has 2 aliphatic heterocycles. The average Bonchev–Trinajstić information content (AvgIpc) is 3.63. The molecule has 1 aromatic heterocycles. The van der Waals surface area contributed by atoms with E-state index in [0.29, 0.717) is 11.8 Å². The molecule has 410 valence electrons. The van der Waals surface area contributed by atoms with E-state index in [1.54, 1.807) is 22.3 Å². The molecule has 5 heteroatoms. The van der Waals surface area contributed by atoms with Crippen molar-refractivity contribution < 1.29 is 0 Å². The van der Waals surface area contributed by atoms with Crippen molar-refractivity contribution in [3.63, 3.8) is 0 Å². The first-order valence-electron chi connectivity index (χ1n) is 31.3. The second-order valence-electron chi connectivity index (χ2n) is 30.7. The van der Waals surface area contributed by atoms with Crippen LogP contribution in [0.1, 0.15) is 204 Å². The molecule has 7 aliphatic carbocycles.